The highest BCUT2D eigenvalue weighted by molar-refractivity contribution is 6.30. The van der Waals surface area contributed by atoms with Gasteiger partial charge in [-0.15, -0.1) is 0 Å². The van der Waals surface area contributed by atoms with E-state index in [1.54, 1.807) is 0 Å². The normalized spacial score (nSPS) is 12.4. The van der Waals surface area contributed by atoms with Crippen LogP contribution in [0.3, 0.4) is 0 Å². The average molecular weight is 289 g/mol. The molecule has 3 heteroatoms. The van der Waals surface area contributed by atoms with E-state index in [9.17, 15) is 0 Å². The molecule has 0 aliphatic heterocycles. The van der Waals surface area contributed by atoms with Gasteiger partial charge in [-0.1, -0.05) is 55.3 Å². The average Bonchev–Trinajstić information content (AvgIpc) is 2.44. The van der Waals surface area contributed by atoms with Crippen molar-refractivity contribution in [3.05, 3.63) is 69.7 Å². The maximum absolute atomic E-state index is 6.12. The largest absolute Gasteiger partial charge is 0.271 e. The summed E-state index contributed by atoms with van der Waals surface area (Å²) in [6, 6.07) is 14.4. The molecule has 0 amide bonds. The number of halogens is 1. The van der Waals surface area contributed by atoms with Gasteiger partial charge < -0.3 is 0 Å². The zero-order chi connectivity index (χ0) is 14.5. The summed E-state index contributed by atoms with van der Waals surface area (Å²) in [6.07, 6.45) is 2.22. The van der Waals surface area contributed by atoms with E-state index in [2.05, 4.69) is 43.5 Å². The quantitative estimate of drug-likeness (QED) is 0.640. The molecule has 2 rings (SSSR count). The molecule has 0 spiro atoms. The van der Waals surface area contributed by atoms with E-state index >= 15 is 0 Å². The number of hydrazine groups is 1. The minimum absolute atomic E-state index is 0.0366. The van der Waals surface area contributed by atoms with Gasteiger partial charge in [0, 0.05) is 5.02 Å². The van der Waals surface area contributed by atoms with Crippen molar-refractivity contribution in [3.8, 4) is 0 Å². The Morgan fingerprint density at radius 2 is 2.00 bits per heavy atom. The molecule has 106 valence electrons. The van der Waals surface area contributed by atoms with Gasteiger partial charge in [-0.05, 0) is 47.7 Å². The molecule has 0 saturated carbocycles. The Morgan fingerprint density at radius 3 is 2.70 bits per heavy atom. The summed E-state index contributed by atoms with van der Waals surface area (Å²) < 4.78 is 0. The van der Waals surface area contributed by atoms with E-state index in [4.69, 9.17) is 17.4 Å². The molecule has 0 radical (unpaired) electrons. The van der Waals surface area contributed by atoms with Crippen LogP contribution in [-0.2, 0) is 6.42 Å². The molecule has 2 aromatic rings. The van der Waals surface area contributed by atoms with Gasteiger partial charge in [0.15, 0.2) is 0 Å². The second kappa shape index (κ2) is 6.89. The summed E-state index contributed by atoms with van der Waals surface area (Å²) in [4.78, 5) is 0. The van der Waals surface area contributed by atoms with E-state index in [-0.39, 0.29) is 6.04 Å². The van der Waals surface area contributed by atoms with Crippen molar-refractivity contribution in [2.24, 2.45) is 5.84 Å². The Bertz CT molecular complexity index is 581. The fourth-order valence-electron chi connectivity index (χ4n) is 2.50. The monoisotopic (exact) mass is 288 g/mol. The van der Waals surface area contributed by atoms with Crippen molar-refractivity contribution in [2.75, 3.05) is 0 Å². The van der Waals surface area contributed by atoms with Crippen LogP contribution < -0.4 is 11.3 Å². The highest BCUT2D eigenvalue weighted by Gasteiger charge is 2.15. The van der Waals surface area contributed by atoms with E-state index in [1.165, 1.54) is 16.7 Å². The van der Waals surface area contributed by atoms with Crippen molar-refractivity contribution in [1.82, 2.24) is 5.43 Å². The standard InChI is InChI=1S/C17H21ClN2/c1-3-5-13-6-4-7-14(10-13)17(20-19)16-11-15(18)9-8-12(16)2/h4,6-11,17,20H,3,5,19H2,1-2H3. The van der Waals surface area contributed by atoms with Crippen LogP contribution in [0.25, 0.3) is 0 Å². The number of hydrogen-bond acceptors (Lipinski definition) is 2. The van der Waals surface area contributed by atoms with Gasteiger partial charge in [0.1, 0.15) is 0 Å². The van der Waals surface area contributed by atoms with Gasteiger partial charge in [-0.2, -0.15) is 0 Å². The highest BCUT2D eigenvalue weighted by atomic mass is 35.5. The third kappa shape index (κ3) is 3.40. The van der Waals surface area contributed by atoms with Crippen molar-refractivity contribution >= 4 is 11.6 Å². The molecule has 0 aliphatic rings. The molecule has 20 heavy (non-hydrogen) atoms. The summed E-state index contributed by atoms with van der Waals surface area (Å²) in [5.41, 5.74) is 7.72. The Morgan fingerprint density at radius 1 is 1.20 bits per heavy atom. The van der Waals surface area contributed by atoms with Gasteiger partial charge in [0.25, 0.3) is 0 Å². The molecule has 0 fully saturated rings. The van der Waals surface area contributed by atoms with E-state index in [0.29, 0.717) is 0 Å². The second-order valence-electron chi connectivity index (χ2n) is 5.10. The first-order chi connectivity index (χ1) is 9.65. The number of rotatable bonds is 5. The molecule has 1 unspecified atom stereocenters. The highest BCUT2D eigenvalue weighted by Crippen LogP contribution is 2.27. The van der Waals surface area contributed by atoms with Crippen LogP contribution in [0, 0.1) is 6.92 Å². The summed E-state index contributed by atoms with van der Waals surface area (Å²) in [7, 11) is 0. The molecule has 0 heterocycles. The minimum Gasteiger partial charge on any atom is -0.271 e. The van der Waals surface area contributed by atoms with Crippen LogP contribution in [0.1, 0.15) is 41.6 Å². The first-order valence-electron chi connectivity index (χ1n) is 6.96. The van der Waals surface area contributed by atoms with Crippen LogP contribution >= 0.6 is 11.6 Å². The van der Waals surface area contributed by atoms with Gasteiger partial charge in [-0.25, -0.2) is 5.43 Å². The predicted molar refractivity (Wildman–Crippen MR) is 85.8 cm³/mol. The molecule has 0 bridgehead atoms. The minimum atomic E-state index is -0.0366. The summed E-state index contributed by atoms with van der Waals surface area (Å²) in [6.45, 7) is 4.26. The number of hydrogen-bond donors (Lipinski definition) is 2. The van der Waals surface area contributed by atoms with Gasteiger partial charge in [0.2, 0.25) is 0 Å². The molecular weight excluding hydrogens is 268 g/mol. The Hall–Kier alpha value is -1.35. The van der Waals surface area contributed by atoms with Crippen LogP contribution in [0.5, 0.6) is 0 Å². The molecule has 0 aromatic heterocycles. The maximum Gasteiger partial charge on any atom is 0.0713 e. The number of nitrogens with two attached hydrogens (primary N) is 1. The zero-order valence-electron chi connectivity index (χ0n) is 12.0. The molecule has 3 N–H and O–H groups in total. The first kappa shape index (κ1) is 15.0. The predicted octanol–water partition coefficient (Wildman–Crippen LogP) is 4.15. The lowest BCUT2D eigenvalue weighted by Crippen LogP contribution is -2.29. The van der Waals surface area contributed by atoms with E-state index < -0.39 is 0 Å². The van der Waals surface area contributed by atoms with Crippen LogP contribution in [0.15, 0.2) is 42.5 Å². The first-order valence-corrected chi connectivity index (χ1v) is 7.34. The van der Waals surface area contributed by atoms with Crippen molar-refractivity contribution in [2.45, 2.75) is 32.7 Å². The van der Waals surface area contributed by atoms with Crippen LogP contribution in [0.4, 0.5) is 0 Å². The van der Waals surface area contributed by atoms with Crippen LogP contribution in [0.2, 0.25) is 5.02 Å². The van der Waals surface area contributed by atoms with Gasteiger partial charge >= 0.3 is 0 Å². The van der Waals surface area contributed by atoms with Crippen molar-refractivity contribution in [1.29, 1.82) is 0 Å². The Labute approximate surface area is 125 Å². The van der Waals surface area contributed by atoms with Crippen molar-refractivity contribution in [3.63, 3.8) is 0 Å². The summed E-state index contributed by atoms with van der Waals surface area (Å²) in [5, 5.41) is 0.732. The second-order valence-corrected chi connectivity index (χ2v) is 5.53. The third-order valence-electron chi connectivity index (χ3n) is 3.54. The van der Waals surface area contributed by atoms with Gasteiger partial charge in [-0.3, -0.25) is 5.84 Å². The molecule has 2 nitrogen and oxygen atoms in total. The van der Waals surface area contributed by atoms with Gasteiger partial charge in [0.05, 0.1) is 6.04 Å². The van der Waals surface area contributed by atoms with Crippen LogP contribution in [-0.4, -0.2) is 0 Å². The summed E-state index contributed by atoms with van der Waals surface area (Å²) >= 11 is 6.12. The maximum atomic E-state index is 6.12. The molecule has 0 saturated heterocycles. The number of aryl methyl sites for hydroxylation is 2. The molecule has 2 aromatic carbocycles. The summed E-state index contributed by atoms with van der Waals surface area (Å²) in [5.74, 6) is 5.79. The molecule has 0 aliphatic carbocycles. The topological polar surface area (TPSA) is 38.0 Å². The SMILES string of the molecule is CCCc1cccc(C(NN)c2cc(Cl)ccc2C)c1. The number of benzene rings is 2. The number of nitrogens with one attached hydrogen (secondary N) is 1. The fraction of sp³-hybridized carbons (Fsp3) is 0.294. The zero-order valence-corrected chi connectivity index (χ0v) is 12.7. The molecule has 1 atom stereocenters. The Balaban J connectivity index is 2.41. The lowest BCUT2D eigenvalue weighted by atomic mass is 9.94. The Kier molecular flexibility index (Phi) is 5.18. The van der Waals surface area contributed by atoms with Crippen molar-refractivity contribution < 1.29 is 0 Å². The van der Waals surface area contributed by atoms with E-state index in [1.807, 2.05) is 18.2 Å². The fourth-order valence-corrected chi connectivity index (χ4v) is 2.69. The molecular formula is C17H21ClN2. The lowest BCUT2D eigenvalue weighted by molar-refractivity contribution is 0.633. The smallest absolute Gasteiger partial charge is 0.0713 e. The lowest BCUT2D eigenvalue weighted by Gasteiger charge is -2.20. The van der Waals surface area contributed by atoms with E-state index in [0.717, 1.165) is 23.4 Å². The third-order valence-corrected chi connectivity index (χ3v) is 3.78.